The Morgan fingerprint density at radius 1 is 1.44 bits per heavy atom. The minimum atomic E-state index is -0.927. The molecular weight excluding hydrogens is 234 g/mol. The molecule has 0 saturated carbocycles. The minimum absolute atomic E-state index is 0.0257. The van der Waals surface area contributed by atoms with Crippen molar-refractivity contribution in [3.8, 4) is 0 Å². The van der Waals surface area contributed by atoms with Crippen molar-refractivity contribution in [2.75, 3.05) is 0 Å². The third kappa shape index (κ3) is 3.04. The van der Waals surface area contributed by atoms with Crippen molar-refractivity contribution >= 4 is 11.6 Å². The zero-order chi connectivity index (χ0) is 13.9. The number of para-hydroxylation sites is 1. The van der Waals surface area contributed by atoms with E-state index in [2.05, 4.69) is 5.32 Å². The van der Waals surface area contributed by atoms with Gasteiger partial charge in [-0.3, -0.25) is 20.2 Å². The number of nitro groups is 1. The maximum atomic E-state index is 11.2. The molecule has 0 heterocycles. The highest BCUT2D eigenvalue weighted by Crippen LogP contribution is 2.25. The third-order valence-corrected chi connectivity index (χ3v) is 2.79. The maximum absolute atomic E-state index is 11.2. The van der Waals surface area contributed by atoms with Gasteiger partial charge in [-0.25, -0.2) is 0 Å². The molecule has 0 saturated heterocycles. The molecule has 0 aliphatic heterocycles. The Kier molecular flexibility index (Phi) is 4.03. The number of hydrogen-bond donors (Lipinski definition) is 2. The quantitative estimate of drug-likeness (QED) is 0.612. The molecule has 1 aromatic rings. The number of carbonyl (C=O) groups is 1. The average molecular weight is 251 g/mol. The van der Waals surface area contributed by atoms with Crippen molar-refractivity contribution in [1.29, 1.82) is 0 Å². The number of nitrogens with zero attached hydrogens (tertiary/aromatic N) is 1. The van der Waals surface area contributed by atoms with Crippen LogP contribution in [0.1, 0.15) is 32.4 Å². The summed E-state index contributed by atoms with van der Waals surface area (Å²) in [6.07, 6.45) is 0. The van der Waals surface area contributed by atoms with Gasteiger partial charge >= 0.3 is 0 Å². The van der Waals surface area contributed by atoms with Crippen molar-refractivity contribution in [3.05, 3.63) is 39.9 Å². The number of nitrogens with two attached hydrogens (primary N) is 1. The molecule has 6 heteroatoms. The standard InChI is InChI=1S/C12H17N3O3/c1-8(14-12(2,3)11(13)16)9-6-4-5-7-10(9)15(17)18/h4-8,14H,1-3H3,(H2,13,16). The van der Waals surface area contributed by atoms with Gasteiger partial charge in [-0.05, 0) is 20.8 Å². The molecule has 0 fully saturated rings. The topological polar surface area (TPSA) is 98.3 Å². The first-order valence-electron chi connectivity index (χ1n) is 5.56. The second kappa shape index (κ2) is 5.14. The van der Waals surface area contributed by atoms with Gasteiger partial charge in [0.25, 0.3) is 5.69 Å². The van der Waals surface area contributed by atoms with Gasteiger partial charge in [0.1, 0.15) is 0 Å². The largest absolute Gasteiger partial charge is 0.368 e. The predicted molar refractivity (Wildman–Crippen MR) is 67.9 cm³/mol. The van der Waals surface area contributed by atoms with Crippen LogP contribution in [0.2, 0.25) is 0 Å². The number of benzene rings is 1. The first-order chi connectivity index (χ1) is 8.25. The normalized spacial score (nSPS) is 13.1. The molecule has 0 radical (unpaired) electrons. The lowest BCUT2D eigenvalue weighted by molar-refractivity contribution is -0.385. The van der Waals surface area contributed by atoms with E-state index >= 15 is 0 Å². The molecule has 18 heavy (non-hydrogen) atoms. The molecule has 1 aromatic carbocycles. The SMILES string of the molecule is CC(NC(C)(C)C(N)=O)c1ccccc1[N+](=O)[O-]. The molecular formula is C12H17N3O3. The van der Waals surface area contributed by atoms with Gasteiger partial charge < -0.3 is 5.73 Å². The van der Waals surface area contributed by atoms with Gasteiger partial charge in [0.2, 0.25) is 5.91 Å². The van der Waals surface area contributed by atoms with Crippen LogP contribution < -0.4 is 11.1 Å². The van der Waals surface area contributed by atoms with Crippen LogP contribution in [0, 0.1) is 10.1 Å². The Morgan fingerprint density at radius 3 is 2.50 bits per heavy atom. The van der Waals surface area contributed by atoms with Gasteiger partial charge in [0.05, 0.1) is 10.5 Å². The molecule has 0 aliphatic carbocycles. The maximum Gasteiger partial charge on any atom is 0.274 e. The molecule has 3 N–H and O–H groups in total. The van der Waals surface area contributed by atoms with E-state index in [1.54, 1.807) is 39.0 Å². The zero-order valence-electron chi connectivity index (χ0n) is 10.6. The van der Waals surface area contributed by atoms with Crippen LogP contribution in [-0.2, 0) is 4.79 Å². The number of nitro benzene ring substituents is 1. The Morgan fingerprint density at radius 2 is 2.00 bits per heavy atom. The highest BCUT2D eigenvalue weighted by Gasteiger charge is 2.29. The van der Waals surface area contributed by atoms with Crippen LogP contribution in [-0.4, -0.2) is 16.4 Å². The van der Waals surface area contributed by atoms with Gasteiger partial charge in [-0.15, -0.1) is 0 Å². The van der Waals surface area contributed by atoms with Gasteiger partial charge in [0, 0.05) is 17.7 Å². The Balaban J connectivity index is 3.01. The molecule has 1 unspecified atom stereocenters. The van der Waals surface area contributed by atoms with Crippen molar-refractivity contribution in [1.82, 2.24) is 5.32 Å². The van der Waals surface area contributed by atoms with Crippen LogP contribution in [0.3, 0.4) is 0 Å². The van der Waals surface area contributed by atoms with E-state index in [1.165, 1.54) is 6.07 Å². The summed E-state index contributed by atoms with van der Waals surface area (Å²) >= 11 is 0. The summed E-state index contributed by atoms with van der Waals surface area (Å²) in [4.78, 5) is 21.7. The fourth-order valence-corrected chi connectivity index (χ4v) is 1.71. The molecule has 98 valence electrons. The average Bonchev–Trinajstić information content (AvgIpc) is 2.28. The van der Waals surface area contributed by atoms with Crippen LogP contribution in [0.4, 0.5) is 5.69 Å². The zero-order valence-corrected chi connectivity index (χ0v) is 10.6. The van der Waals surface area contributed by atoms with Crippen molar-refractivity contribution < 1.29 is 9.72 Å². The Labute approximate surface area is 105 Å². The summed E-state index contributed by atoms with van der Waals surface area (Å²) in [5, 5.41) is 13.9. The number of primary amides is 1. The monoisotopic (exact) mass is 251 g/mol. The fourth-order valence-electron chi connectivity index (χ4n) is 1.71. The van der Waals surface area contributed by atoms with E-state index in [4.69, 9.17) is 5.73 Å². The highest BCUT2D eigenvalue weighted by molar-refractivity contribution is 5.83. The Hall–Kier alpha value is -1.95. The van der Waals surface area contributed by atoms with Crippen molar-refractivity contribution in [2.24, 2.45) is 5.73 Å². The van der Waals surface area contributed by atoms with Crippen LogP contribution in [0.25, 0.3) is 0 Å². The second-order valence-corrected chi connectivity index (χ2v) is 4.67. The lowest BCUT2D eigenvalue weighted by Gasteiger charge is -2.27. The number of carbonyl (C=O) groups excluding carboxylic acids is 1. The van der Waals surface area contributed by atoms with E-state index in [1.807, 2.05) is 0 Å². The number of hydrogen-bond acceptors (Lipinski definition) is 4. The first-order valence-corrected chi connectivity index (χ1v) is 5.56. The lowest BCUT2D eigenvalue weighted by atomic mass is 9.99. The van der Waals surface area contributed by atoms with Crippen LogP contribution in [0.15, 0.2) is 24.3 Å². The number of nitrogens with one attached hydrogen (secondary N) is 1. The summed E-state index contributed by atoms with van der Waals surface area (Å²) < 4.78 is 0. The summed E-state index contributed by atoms with van der Waals surface area (Å²) in [7, 11) is 0. The number of rotatable bonds is 5. The Bertz CT molecular complexity index is 471. The summed E-state index contributed by atoms with van der Waals surface area (Å²) in [5.74, 6) is -0.507. The summed E-state index contributed by atoms with van der Waals surface area (Å²) in [6, 6.07) is 6.07. The van der Waals surface area contributed by atoms with E-state index in [9.17, 15) is 14.9 Å². The molecule has 0 spiro atoms. The van der Waals surface area contributed by atoms with E-state index in [-0.39, 0.29) is 11.7 Å². The first kappa shape index (κ1) is 14.1. The smallest absolute Gasteiger partial charge is 0.274 e. The molecule has 1 atom stereocenters. The van der Waals surface area contributed by atoms with Crippen LogP contribution >= 0.6 is 0 Å². The van der Waals surface area contributed by atoms with E-state index in [0.29, 0.717) is 5.56 Å². The van der Waals surface area contributed by atoms with E-state index < -0.39 is 16.4 Å². The molecule has 1 rings (SSSR count). The fraction of sp³-hybridized carbons (Fsp3) is 0.417. The highest BCUT2D eigenvalue weighted by atomic mass is 16.6. The summed E-state index contributed by atoms with van der Waals surface area (Å²) in [6.45, 7) is 5.04. The number of amides is 1. The predicted octanol–water partition coefficient (Wildman–Crippen LogP) is 1.51. The molecule has 1 amide bonds. The minimum Gasteiger partial charge on any atom is -0.368 e. The van der Waals surface area contributed by atoms with E-state index in [0.717, 1.165) is 0 Å². The lowest BCUT2D eigenvalue weighted by Crippen LogP contribution is -2.51. The third-order valence-electron chi connectivity index (χ3n) is 2.79. The van der Waals surface area contributed by atoms with Gasteiger partial charge in [-0.2, -0.15) is 0 Å². The van der Waals surface area contributed by atoms with Gasteiger partial charge in [-0.1, -0.05) is 18.2 Å². The van der Waals surface area contributed by atoms with Crippen molar-refractivity contribution in [2.45, 2.75) is 32.4 Å². The van der Waals surface area contributed by atoms with Crippen LogP contribution in [0.5, 0.6) is 0 Å². The van der Waals surface area contributed by atoms with Crippen molar-refractivity contribution in [3.63, 3.8) is 0 Å². The summed E-state index contributed by atoms with van der Waals surface area (Å²) in [5.41, 5.74) is 4.88. The molecule has 0 aliphatic rings. The van der Waals surface area contributed by atoms with Gasteiger partial charge in [0.15, 0.2) is 0 Å². The molecule has 0 bridgehead atoms. The second-order valence-electron chi connectivity index (χ2n) is 4.67. The molecule has 0 aromatic heterocycles. The molecule has 6 nitrogen and oxygen atoms in total.